The third-order valence-corrected chi connectivity index (χ3v) is 3.30. The van der Waals surface area contributed by atoms with E-state index < -0.39 is 0 Å². The van der Waals surface area contributed by atoms with Crippen LogP contribution in [0.2, 0.25) is 0 Å². The third kappa shape index (κ3) is 3.09. The lowest BCUT2D eigenvalue weighted by Crippen LogP contribution is -2.37. The van der Waals surface area contributed by atoms with Crippen LogP contribution >= 0.6 is 0 Å². The Morgan fingerprint density at radius 3 is 2.83 bits per heavy atom. The van der Waals surface area contributed by atoms with Crippen LogP contribution in [0.4, 0.5) is 0 Å². The number of hydrogen-bond acceptors (Lipinski definition) is 3. The van der Waals surface area contributed by atoms with Crippen molar-refractivity contribution in [2.24, 2.45) is 5.73 Å². The molecule has 1 aliphatic carbocycles. The fourth-order valence-corrected chi connectivity index (χ4v) is 2.44. The van der Waals surface area contributed by atoms with Gasteiger partial charge in [0.15, 0.2) is 0 Å². The summed E-state index contributed by atoms with van der Waals surface area (Å²) in [5.41, 5.74) is 12.7. The molecule has 18 heavy (non-hydrogen) atoms. The molecule has 0 heterocycles. The first-order valence-electron chi connectivity index (χ1n) is 6.40. The second kappa shape index (κ2) is 5.50. The number of benzene rings is 1. The maximum Gasteiger partial charge on any atom is 0.236 e. The van der Waals surface area contributed by atoms with Gasteiger partial charge in [-0.15, -0.1) is 0 Å². The Balaban J connectivity index is 2.00. The van der Waals surface area contributed by atoms with Crippen LogP contribution in [-0.4, -0.2) is 25.0 Å². The second-order valence-corrected chi connectivity index (χ2v) is 5.12. The van der Waals surface area contributed by atoms with Gasteiger partial charge in [0, 0.05) is 26.6 Å². The molecule has 2 rings (SSSR count). The Bertz CT molecular complexity index is 443. The zero-order valence-corrected chi connectivity index (χ0v) is 11.1. The number of rotatable bonds is 4. The van der Waals surface area contributed by atoms with Crippen LogP contribution in [0.25, 0.3) is 0 Å². The molecule has 0 bridgehead atoms. The minimum Gasteiger partial charge on any atom is -0.324 e. The van der Waals surface area contributed by atoms with E-state index in [1.165, 1.54) is 24.0 Å². The van der Waals surface area contributed by atoms with Crippen LogP contribution in [-0.2, 0) is 17.6 Å². The van der Waals surface area contributed by atoms with Gasteiger partial charge in [0.1, 0.15) is 0 Å². The van der Waals surface area contributed by atoms with Gasteiger partial charge in [-0.25, -0.2) is 5.01 Å². The van der Waals surface area contributed by atoms with E-state index in [2.05, 4.69) is 23.6 Å². The molecule has 0 saturated heterocycles. The molecule has 0 fully saturated rings. The summed E-state index contributed by atoms with van der Waals surface area (Å²) in [5, 5.41) is 1.64. The normalized spacial score (nSPS) is 15.6. The largest absolute Gasteiger partial charge is 0.324 e. The summed E-state index contributed by atoms with van der Waals surface area (Å²) in [5.74, 6) is -0.0481. The number of nitrogens with zero attached hydrogens (tertiary/aromatic N) is 1. The van der Waals surface area contributed by atoms with Gasteiger partial charge in [-0.1, -0.05) is 18.2 Å². The number of nitrogens with one attached hydrogen (secondary N) is 1. The summed E-state index contributed by atoms with van der Waals surface area (Å²) >= 11 is 0. The van der Waals surface area contributed by atoms with Crippen molar-refractivity contribution in [1.29, 1.82) is 0 Å². The highest BCUT2D eigenvalue weighted by Crippen LogP contribution is 2.25. The minimum atomic E-state index is -0.226. The Morgan fingerprint density at radius 2 is 2.11 bits per heavy atom. The van der Waals surface area contributed by atoms with Crippen molar-refractivity contribution in [1.82, 2.24) is 10.4 Å². The maximum absolute atomic E-state index is 11.6. The van der Waals surface area contributed by atoms with Crippen LogP contribution in [0.5, 0.6) is 0 Å². The molecule has 1 aliphatic rings. The zero-order chi connectivity index (χ0) is 13.1. The molecule has 0 radical (unpaired) electrons. The molecule has 0 aromatic heterocycles. The van der Waals surface area contributed by atoms with Gasteiger partial charge in [0.25, 0.3) is 0 Å². The number of nitrogens with two attached hydrogens (primary N) is 1. The molecule has 0 spiro atoms. The quantitative estimate of drug-likeness (QED) is 0.785. The number of hydrazine groups is 1. The molecule has 1 aromatic carbocycles. The van der Waals surface area contributed by atoms with Crippen LogP contribution in [0.3, 0.4) is 0 Å². The van der Waals surface area contributed by atoms with E-state index in [0.29, 0.717) is 6.42 Å². The van der Waals surface area contributed by atoms with Crippen LogP contribution in [0.15, 0.2) is 18.2 Å². The lowest BCUT2D eigenvalue weighted by atomic mass is 9.99. The molecule has 4 heteroatoms. The topological polar surface area (TPSA) is 58.4 Å². The third-order valence-electron chi connectivity index (χ3n) is 3.30. The van der Waals surface area contributed by atoms with E-state index >= 15 is 0 Å². The van der Waals surface area contributed by atoms with Gasteiger partial charge in [0.05, 0.1) is 0 Å². The van der Waals surface area contributed by atoms with Gasteiger partial charge in [-0.05, 0) is 36.0 Å². The first-order valence-corrected chi connectivity index (χ1v) is 6.40. The Labute approximate surface area is 108 Å². The fourth-order valence-electron chi connectivity index (χ4n) is 2.44. The van der Waals surface area contributed by atoms with Gasteiger partial charge in [-0.2, -0.15) is 0 Å². The number of amides is 1. The molecule has 1 amide bonds. The van der Waals surface area contributed by atoms with Crippen molar-refractivity contribution in [2.75, 3.05) is 14.1 Å². The molecule has 1 atom stereocenters. The van der Waals surface area contributed by atoms with E-state index in [4.69, 9.17) is 5.73 Å². The molecule has 1 aromatic rings. The van der Waals surface area contributed by atoms with Crippen molar-refractivity contribution in [3.05, 3.63) is 34.9 Å². The highest BCUT2D eigenvalue weighted by Gasteiger charge is 2.16. The van der Waals surface area contributed by atoms with Gasteiger partial charge in [-0.3, -0.25) is 10.2 Å². The summed E-state index contributed by atoms with van der Waals surface area (Å²) in [6, 6.07) is 6.14. The summed E-state index contributed by atoms with van der Waals surface area (Å²) in [6.07, 6.45) is 3.86. The summed E-state index contributed by atoms with van der Waals surface area (Å²) < 4.78 is 0. The first kappa shape index (κ1) is 13.1. The molecule has 4 nitrogen and oxygen atoms in total. The van der Waals surface area contributed by atoms with Crippen molar-refractivity contribution in [2.45, 2.75) is 31.7 Å². The molecule has 3 N–H and O–H groups in total. The average molecular weight is 247 g/mol. The fraction of sp³-hybridized carbons (Fsp3) is 0.500. The van der Waals surface area contributed by atoms with E-state index in [1.54, 1.807) is 19.1 Å². The highest BCUT2D eigenvalue weighted by atomic mass is 16.2. The van der Waals surface area contributed by atoms with Gasteiger partial charge >= 0.3 is 0 Å². The van der Waals surface area contributed by atoms with Gasteiger partial charge in [0.2, 0.25) is 5.91 Å². The van der Waals surface area contributed by atoms with Crippen LogP contribution < -0.4 is 11.2 Å². The van der Waals surface area contributed by atoms with Crippen molar-refractivity contribution < 1.29 is 4.79 Å². The standard InChI is InChI=1S/C14H21N3O/c1-17(2)16-14(18)9-13(15)12-7-6-10-4-3-5-11(10)8-12/h6-8,13H,3-5,9,15H2,1-2H3,(H,16,18). The van der Waals surface area contributed by atoms with Crippen molar-refractivity contribution in [3.8, 4) is 0 Å². The van der Waals surface area contributed by atoms with E-state index in [0.717, 1.165) is 12.0 Å². The molecule has 1 unspecified atom stereocenters. The average Bonchev–Trinajstić information content (AvgIpc) is 2.74. The first-order chi connectivity index (χ1) is 8.56. The van der Waals surface area contributed by atoms with E-state index in [1.807, 2.05) is 0 Å². The highest BCUT2D eigenvalue weighted by molar-refractivity contribution is 5.76. The summed E-state index contributed by atoms with van der Waals surface area (Å²) in [7, 11) is 3.58. The monoisotopic (exact) mass is 247 g/mol. The van der Waals surface area contributed by atoms with E-state index in [9.17, 15) is 4.79 Å². The van der Waals surface area contributed by atoms with E-state index in [-0.39, 0.29) is 11.9 Å². The number of carbonyl (C=O) groups excluding carboxylic acids is 1. The predicted molar refractivity (Wildman–Crippen MR) is 71.8 cm³/mol. The predicted octanol–water partition coefficient (Wildman–Crippen LogP) is 1.16. The number of aryl methyl sites for hydroxylation is 2. The molecule has 0 aliphatic heterocycles. The Kier molecular flexibility index (Phi) is 3.99. The summed E-state index contributed by atoms with van der Waals surface area (Å²) in [6.45, 7) is 0. The van der Waals surface area contributed by atoms with Crippen molar-refractivity contribution >= 4 is 5.91 Å². The SMILES string of the molecule is CN(C)NC(=O)CC(N)c1ccc2c(c1)CCC2. The molecule has 0 saturated carbocycles. The Morgan fingerprint density at radius 1 is 1.39 bits per heavy atom. The summed E-state index contributed by atoms with van der Waals surface area (Å²) in [4.78, 5) is 11.6. The zero-order valence-electron chi connectivity index (χ0n) is 11.1. The van der Waals surface area contributed by atoms with Crippen molar-refractivity contribution in [3.63, 3.8) is 0 Å². The smallest absolute Gasteiger partial charge is 0.236 e. The second-order valence-electron chi connectivity index (χ2n) is 5.12. The van der Waals surface area contributed by atoms with Crippen LogP contribution in [0, 0.1) is 0 Å². The van der Waals surface area contributed by atoms with Gasteiger partial charge < -0.3 is 5.73 Å². The lowest BCUT2D eigenvalue weighted by Gasteiger charge is -2.16. The number of carbonyl (C=O) groups is 1. The Hall–Kier alpha value is -1.39. The minimum absolute atomic E-state index is 0.0481. The molecular formula is C14H21N3O. The van der Waals surface area contributed by atoms with Crippen LogP contribution in [0.1, 0.15) is 35.6 Å². The number of fused-ring (bicyclic) bond motifs is 1. The molecular weight excluding hydrogens is 226 g/mol. The number of hydrogen-bond donors (Lipinski definition) is 2. The lowest BCUT2D eigenvalue weighted by molar-refractivity contribution is -0.125. The molecule has 98 valence electrons. The maximum atomic E-state index is 11.6.